The van der Waals surface area contributed by atoms with Gasteiger partial charge in [-0.05, 0) is 0 Å². The molecule has 0 aliphatic heterocycles. The molecule has 0 atom stereocenters. The van der Waals surface area contributed by atoms with Crippen LogP contribution in [-0.2, 0) is 0 Å². The molecule has 0 bridgehead atoms. The van der Waals surface area contributed by atoms with Crippen LogP contribution in [0.4, 0.5) is 0 Å². The summed E-state index contributed by atoms with van der Waals surface area (Å²) in [4.78, 5) is 0.979. The van der Waals surface area contributed by atoms with Crippen molar-refractivity contribution in [3.8, 4) is 0 Å². The molecule has 0 heterocycles. The Bertz CT molecular complexity index is 148. The van der Waals surface area contributed by atoms with Crippen molar-refractivity contribution in [1.29, 1.82) is 0 Å². The summed E-state index contributed by atoms with van der Waals surface area (Å²) >= 11 is 12.5. The molecule has 0 nitrogen and oxygen atoms in total. The maximum absolute atomic E-state index is 3.50. The normalized spacial score (nSPS) is 13.6. The summed E-state index contributed by atoms with van der Waals surface area (Å²) in [6, 6.07) is 0. The molecule has 7 heteroatoms. The molecule has 0 aliphatic rings. The van der Waals surface area contributed by atoms with Gasteiger partial charge in [-0.2, -0.15) is 0 Å². The molecular weight excluding hydrogens is 490 g/mol. The standard InChI is InChI=1S/C7H19Se3Si3.CH3Ge/c1-11(2,8)7(12(3,4)9)13(5,6)10;1-2/h7H,1-6H3;1H3. The summed E-state index contributed by atoms with van der Waals surface area (Å²) in [5.74, 6) is 2.00. The third-order valence-corrected chi connectivity index (χ3v) is 32.1. The van der Waals surface area contributed by atoms with E-state index in [-0.39, 0.29) is 0 Å². The summed E-state index contributed by atoms with van der Waals surface area (Å²) in [6.07, 6.45) is 0. The first-order chi connectivity index (χ1) is 6.37. The van der Waals surface area contributed by atoms with Crippen LogP contribution in [-0.4, -0.2) is 82.7 Å². The van der Waals surface area contributed by atoms with Gasteiger partial charge in [0.15, 0.2) is 0 Å². The fourth-order valence-electron chi connectivity index (χ4n) is 2.51. The summed E-state index contributed by atoms with van der Waals surface area (Å²) in [6.45, 7) is 11.4. The molecule has 15 heavy (non-hydrogen) atoms. The molecule has 0 aromatic carbocycles. The molecular formula is C8H22GeSe3Si3. The Kier molecular flexibility index (Phi) is 9.86. The van der Waals surface area contributed by atoms with Crippen molar-refractivity contribution >= 4 is 82.7 Å². The van der Waals surface area contributed by atoms with Crippen LogP contribution in [0.15, 0.2) is 0 Å². The Morgan fingerprint density at radius 3 is 0.800 bits per heavy atom. The molecule has 6 radical (unpaired) electrons. The van der Waals surface area contributed by atoms with E-state index in [1.807, 2.05) is 22.3 Å². The Balaban J connectivity index is 0. The SMILES string of the molecule is C[Si](C)([Se])C([Si](C)(C)[Se])[Si](C)(C)[Se].[CH3][Ge]. The van der Waals surface area contributed by atoms with Gasteiger partial charge in [-0.1, -0.05) is 0 Å². The van der Waals surface area contributed by atoms with E-state index in [2.05, 4.69) is 85.4 Å². The first-order valence-corrected chi connectivity index (χ1v) is 23.7. The van der Waals surface area contributed by atoms with Gasteiger partial charge in [0.2, 0.25) is 0 Å². The minimum absolute atomic E-state index is 0.979. The van der Waals surface area contributed by atoms with Crippen LogP contribution < -0.4 is 0 Å². The van der Waals surface area contributed by atoms with Gasteiger partial charge in [0.05, 0.1) is 0 Å². The topological polar surface area (TPSA) is 0 Å². The van der Waals surface area contributed by atoms with E-state index in [0.717, 1.165) is 4.79 Å². The molecule has 0 fully saturated rings. The van der Waals surface area contributed by atoms with E-state index >= 15 is 0 Å². The first kappa shape index (κ1) is 20.1. The van der Waals surface area contributed by atoms with Crippen molar-refractivity contribution < 1.29 is 0 Å². The van der Waals surface area contributed by atoms with E-state index in [1.165, 1.54) is 0 Å². The van der Waals surface area contributed by atoms with Gasteiger partial charge in [0.1, 0.15) is 0 Å². The Morgan fingerprint density at radius 2 is 0.800 bits per heavy atom. The van der Waals surface area contributed by atoms with Gasteiger partial charge in [0, 0.05) is 0 Å². The van der Waals surface area contributed by atoms with Crippen molar-refractivity contribution in [3.63, 3.8) is 0 Å². The minimum atomic E-state index is -1.12. The summed E-state index contributed by atoms with van der Waals surface area (Å²) in [7, 11) is 0. The molecule has 0 spiro atoms. The van der Waals surface area contributed by atoms with Crippen molar-refractivity contribution in [1.82, 2.24) is 0 Å². The van der Waals surface area contributed by atoms with Gasteiger partial charge in [-0.15, -0.1) is 0 Å². The zero-order chi connectivity index (χ0) is 13.1. The third kappa shape index (κ3) is 8.47. The van der Waals surface area contributed by atoms with E-state index < -0.39 is 20.0 Å². The van der Waals surface area contributed by atoms with Crippen molar-refractivity contribution in [3.05, 3.63) is 0 Å². The Hall–Kier alpha value is 2.75. The molecule has 0 saturated heterocycles. The van der Waals surface area contributed by atoms with Gasteiger partial charge < -0.3 is 0 Å². The molecule has 0 unspecified atom stereocenters. The molecule has 88 valence electrons. The summed E-state index contributed by atoms with van der Waals surface area (Å²) < 4.78 is 0. The Labute approximate surface area is 131 Å². The first-order valence-electron chi connectivity index (χ1n) is 4.98. The maximum atomic E-state index is 3.50. The second-order valence-electron chi connectivity index (χ2n) is 5.24. The van der Waals surface area contributed by atoms with Crippen LogP contribution in [0.25, 0.3) is 0 Å². The van der Waals surface area contributed by atoms with Crippen LogP contribution in [0.1, 0.15) is 0 Å². The van der Waals surface area contributed by atoms with Crippen LogP contribution in [0, 0.1) is 0 Å². The molecule has 0 rings (SSSR count). The van der Waals surface area contributed by atoms with E-state index in [4.69, 9.17) is 0 Å². The van der Waals surface area contributed by atoms with Crippen molar-refractivity contribution in [2.24, 2.45) is 0 Å². The zero-order valence-corrected chi connectivity index (χ0v) is 21.0. The number of hydrogen-bond donors (Lipinski definition) is 0. The quantitative estimate of drug-likeness (QED) is 0.507. The fourth-order valence-corrected chi connectivity index (χ4v) is 66.2. The van der Waals surface area contributed by atoms with E-state index in [0.29, 0.717) is 0 Å². The monoisotopic (exact) mass is 516 g/mol. The average Bonchev–Trinajstić information content (AvgIpc) is 1.79. The van der Waals surface area contributed by atoms with Crippen LogP contribution >= 0.6 is 0 Å². The fraction of sp³-hybridized carbons (Fsp3) is 1.00. The molecule has 0 N–H and O–H groups in total. The Morgan fingerprint density at radius 1 is 0.667 bits per heavy atom. The third-order valence-electron chi connectivity index (χ3n) is 2.09. The van der Waals surface area contributed by atoms with Gasteiger partial charge >= 0.3 is 132 Å². The summed E-state index contributed by atoms with van der Waals surface area (Å²) in [5, 5.41) is 0. The van der Waals surface area contributed by atoms with Gasteiger partial charge in [0.25, 0.3) is 0 Å². The molecule has 0 aromatic heterocycles. The summed E-state index contributed by atoms with van der Waals surface area (Å²) in [5.41, 5.74) is 0. The zero-order valence-electron chi connectivity index (χ0n) is 10.8. The second-order valence-corrected chi connectivity index (χ2v) is 38.2. The molecule has 0 aliphatic carbocycles. The van der Waals surface area contributed by atoms with Crippen molar-refractivity contribution in [2.45, 2.75) is 49.8 Å². The van der Waals surface area contributed by atoms with Gasteiger partial charge in [-0.3, -0.25) is 0 Å². The molecule has 0 aromatic rings. The number of hydrogen-bond acceptors (Lipinski definition) is 0. The van der Waals surface area contributed by atoms with Crippen LogP contribution in [0.5, 0.6) is 0 Å². The van der Waals surface area contributed by atoms with Crippen LogP contribution in [0.3, 0.4) is 0 Å². The second kappa shape index (κ2) is 7.37. The predicted octanol–water partition coefficient (Wildman–Crippen LogP) is 1.76. The van der Waals surface area contributed by atoms with Crippen LogP contribution in [0.2, 0.25) is 49.8 Å². The predicted molar refractivity (Wildman–Crippen MR) is 85.1 cm³/mol. The van der Waals surface area contributed by atoms with E-state index in [9.17, 15) is 0 Å². The van der Waals surface area contributed by atoms with Crippen molar-refractivity contribution in [2.75, 3.05) is 0 Å². The number of rotatable bonds is 3. The average molecular weight is 512 g/mol. The van der Waals surface area contributed by atoms with E-state index in [1.54, 1.807) is 0 Å². The van der Waals surface area contributed by atoms with Gasteiger partial charge in [-0.25, -0.2) is 0 Å². The molecule has 0 saturated carbocycles. The molecule has 0 amide bonds.